The van der Waals surface area contributed by atoms with Crippen molar-refractivity contribution >= 4 is 32.8 Å². The molecule has 1 aromatic heterocycles. The van der Waals surface area contributed by atoms with Crippen molar-refractivity contribution in [2.24, 2.45) is 0 Å². The topological polar surface area (TPSA) is 59.3 Å². The Balaban J connectivity index is 2.46. The van der Waals surface area contributed by atoms with E-state index in [-0.39, 0.29) is 17.1 Å². The SMILES string of the molecule is CCCNC(=O)c1cc(=O)c2cc(Br)ccc2o1. The highest BCUT2D eigenvalue weighted by Crippen LogP contribution is 2.18. The van der Waals surface area contributed by atoms with Crippen molar-refractivity contribution in [3.63, 3.8) is 0 Å². The van der Waals surface area contributed by atoms with Crippen molar-refractivity contribution in [1.29, 1.82) is 0 Å². The summed E-state index contributed by atoms with van der Waals surface area (Å²) < 4.78 is 6.22. The normalized spacial score (nSPS) is 10.6. The third kappa shape index (κ3) is 2.61. The van der Waals surface area contributed by atoms with Crippen molar-refractivity contribution in [1.82, 2.24) is 5.32 Å². The Morgan fingerprint density at radius 3 is 2.89 bits per heavy atom. The monoisotopic (exact) mass is 309 g/mol. The van der Waals surface area contributed by atoms with Crippen LogP contribution in [0.4, 0.5) is 0 Å². The van der Waals surface area contributed by atoms with Crippen LogP contribution in [0.25, 0.3) is 11.0 Å². The number of hydrogen-bond donors (Lipinski definition) is 1. The van der Waals surface area contributed by atoms with Crippen molar-refractivity contribution in [3.8, 4) is 0 Å². The van der Waals surface area contributed by atoms with Crippen LogP contribution in [0.5, 0.6) is 0 Å². The first-order valence-corrected chi connectivity index (χ1v) is 6.42. The van der Waals surface area contributed by atoms with Crippen LogP contribution in [0.2, 0.25) is 0 Å². The maximum absolute atomic E-state index is 11.9. The maximum atomic E-state index is 11.9. The number of rotatable bonds is 3. The predicted molar refractivity (Wildman–Crippen MR) is 72.8 cm³/mol. The molecule has 5 heteroatoms. The Morgan fingerprint density at radius 2 is 2.17 bits per heavy atom. The van der Waals surface area contributed by atoms with E-state index >= 15 is 0 Å². The number of nitrogens with one attached hydrogen (secondary N) is 1. The number of hydrogen-bond acceptors (Lipinski definition) is 3. The molecule has 0 aliphatic rings. The number of benzene rings is 1. The van der Waals surface area contributed by atoms with Gasteiger partial charge in [-0.1, -0.05) is 22.9 Å². The number of carbonyl (C=O) groups excluding carboxylic acids is 1. The van der Waals surface area contributed by atoms with Gasteiger partial charge in [0.1, 0.15) is 5.58 Å². The molecule has 94 valence electrons. The molecule has 1 aromatic carbocycles. The van der Waals surface area contributed by atoms with Gasteiger partial charge in [-0.3, -0.25) is 9.59 Å². The first-order chi connectivity index (χ1) is 8.61. The lowest BCUT2D eigenvalue weighted by atomic mass is 10.2. The summed E-state index contributed by atoms with van der Waals surface area (Å²) in [6.07, 6.45) is 0.830. The highest BCUT2D eigenvalue weighted by Gasteiger charge is 2.11. The van der Waals surface area contributed by atoms with Crippen LogP contribution in [0.15, 0.2) is 37.9 Å². The summed E-state index contributed by atoms with van der Waals surface area (Å²) in [6, 6.07) is 6.32. The van der Waals surface area contributed by atoms with E-state index in [1.54, 1.807) is 18.2 Å². The van der Waals surface area contributed by atoms with E-state index in [1.807, 2.05) is 6.92 Å². The van der Waals surface area contributed by atoms with Crippen molar-refractivity contribution in [3.05, 3.63) is 44.7 Å². The van der Waals surface area contributed by atoms with Crippen LogP contribution in [-0.4, -0.2) is 12.5 Å². The minimum atomic E-state index is -0.362. The Kier molecular flexibility index (Phi) is 3.81. The highest BCUT2D eigenvalue weighted by atomic mass is 79.9. The number of halogens is 1. The van der Waals surface area contributed by atoms with Gasteiger partial charge in [-0.15, -0.1) is 0 Å². The largest absolute Gasteiger partial charge is 0.451 e. The first-order valence-electron chi connectivity index (χ1n) is 5.63. The second kappa shape index (κ2) is 5.35. The minimum Gasteiger partial charge on any atom is -0.451 e. The molecule has 1 heterocycles. The van der Waals surface area contributed by atoms with Gasteiger partial charge in [0.2, 0.25) is 0 Å². The third-order valence-corrected chi connectivity index (χ3v) is 2.94. The molecule has 0 aliphatic carbocycles. The van der Waals surface area contributed by atoms with E-state index in [2.05, 4.69) is 21.2 Å². The summed E-state index contributed by atoms with van der Waals surface area (Å²) in [6.45, 7) is 2.51. The Morgan fingerprint density at radius 1 is 1.39 bits per heavy atom. The molecule has 0 saturated heterocycles. The predicted octanol–water partition coefficient (Wildman–Crippen LogP) is 2.70. The molecule has 0 spiro atoms. The lowest BCUT2D eigenvalue weighted by Crippen LogP contribution is -2.25. The Labute approximate surface area is 112 Å². The fourth-order valence-electron chi connectivity index (χ4n) is 1.57. The van der Waals surface area contributed by atoms with E-state index in [9.17, 15) is 9.59 Å². The number of fused-ring (bicyclic) bond motifs is 1. The zero-order chi connectivity index (χ0) is 13.1. The molecule has 0 aliphatic heterocycles. The van der Waals surface area contributed by atoms with Gasteiger partial charge in [0.15, 0.2) is 11.2 Å². The lowest BCUT2D eigenvalue weighted by molar-refractivity contribution is 0.0926. The summed E-state index contributed by atoms with van der Waals surface area (Å²) >= 11 is 3.29. The van der Waals surface area contributed by atoms with Gasteiger partial charge in [0, 0.05) is 17.1 Å². The molecule has 2 rings (SSSR count). The van der Waals surface area contributed by atoms with Gasteiger partial charge in [0.05, 0.1) is 5.39 Å². The summed E-state index contributed by atoms with van der Waals surface area (Å²) in [5, 5.41) is 3.13. The summed E-state index contributed by atoms with van der Waals surface area (Å²) in [7, 11) is 0. The first kappa shape index (κ1) is 12.8. The Hall–Kier alpha value is -1.62. The standard InChI is InChI=1S/C13H12BrNO3/c1-2-5-15-13(17)12-7-10(16)9-6-8(14)3-4-11(9)18-12/h3-4,6-7H,2,5H2,1H3,(H,15,17). The summed E-state index contributed by atoms with van der Waals surface area (Å²) in [4.78, 5) is 23.6. The molecule has 0 saturated carbocycles. The molecule has 0 bridgehead atoms. The van der Waals surface area contributed by atoms with Crippen LogP contribution < -0.4 is 10.7 Å². The quantitative estimate of drug-likeness (QED) is 0.948. The zero-order valence-corrected chi connectivity index (χ0v) is 11.4. The van der Waals surface area contributed by atoms with Gasteiger partial charge in [-0.05, 0) is 24.6 Å². The second-order valence-corrected chi connectivity index (χ2v) is 4.79. The molecule has 1 amide bonds. The van der Waals surface area contributed by atoms with Gasteiger partial charge < -0.3 is 9.73 Å². The highest BCUT2D eigenvalue weighted by molar-refractivity contribution is 9.10. The molecule has 18 heavy (non-hydrogen) atoms. The summed E-state index contributed by atoms with van der Waals surface area (Å²) in [5.74, 6) is -0.318. The van der Waals surface area contributed by atoms with Crippen LogP contribution >= 0.6 is 15.9 Å². The van der Waals surface area contributed by atoms with Crippen molar-refractivity contribution < 1.29 is 9.21 Å². The van der Waals surface area contributed by atoms with E-state index in [0.29, 0.717) is 17.5 Å². The molecular formula is C13H12BrNO3. The van der Waals surface area contributed by atoms with E-state index < -0.39 is 0 Å². The molecule has 1 N–H and O–H groups in total. The third-order valence-electron chi connectivity index (χ3n) is 2.45. The lowest BCUT2D eigenvalue weighted by Gasteiger charge is -2.04. The fourth-order valence-corrected chi connectivity index (χ4v) is 1.93. The van der Waals surface area contributed by atoms with Crippen LogP contribution in [0, 0.1) is 0 Å². The molecule has 4 nitrogen and oxygen atoms in total. The van der Waals surface area contributed by atoms with Crippen LogP contribution in [0.3, 0.4) is 0 Å². The minimum absolute atomic E-state index is 0.0447. The van der Waals surface area contributed by atoms with Crippen LogP contribution in [-0.2, 0) is 0 Å². The maximum Gasteiger partial charge on any atom is 0.287 e. The van der Waals surface area contributed by atoms with E-state index in [1.165, 1.54) is 6.07 Å². The van der Waals surface area contributed by atoms with Crippen molar-refractivity contribution in [2.45, 2.75) is 13.3 Å². The molecule has 2 aromatic rings. The van der Waals surface area contributed by atoms with Gasteiger partial charge in [0.25, 0.3) is 5.91 Å². The van der Waals surface area contributed by atoms with Gasteiger partial charge in [-0.25, -0.2) is 0 Å². The average Bonchev–Trinajstić information content (AvgIpc) is 2.36. The molecule has 0 atom stereocenters. The van der Waals surface area contributed by atoms with Gasteiger partial charge >= 0.3 is 0 Å². The fraction of sp³-hybridized carbons (Fsp3) is 0.231. The van der Waals surface area contributed by atoms with E-state index in [0.717, 1.165) is 10.9 Å². The Bertz CT molecular complexity index is 648. The van der Waals surface area contributed by atoms with Gasteiger partial charge in [-0.2, -0.15) is 0 Å². The average molecular weight is 310 g/mol. The number of carbonyl (C=O) groups is 1. The molecule has 0 radical (unpaired) electrons. The summed E-state index contributed by atoms with van der Waals surface area (Å²) in [5.41, 5.74) is 0.187. The smallest absolute Gasteiger partial charge is 0.287 e. The van der Waals surface area contributed by atoms with Crippen LogP contribution in [0.1, 0.15) is 23.9 Å². The van der Waals surface area contributed by atoms with E-state index in [4.69, 9.17) is 4.42 Å². The molecule has 0 fully saturated rings. The number of amides is 1. The molecule has 0 unspecified atom stereocenters. The van der Waals surface area contributed by atoms with Crippen molar-refractivity contribution in [2.75, 3.05) is 6.54 Å². The molecular weight excluding hydrogens is 298 g/mol. The second-order valence-electron chi connectivity index (χ2n) is 3.87. The zero-order valence-electron chi connectivity index (χ0n) is 9.83.